The van der Waals surface area contributed by atoms with Gasteiger partial charge in [-0.3, -0.25) is 4.79 Å². The van der Waals surface area contributed by atoms with E-state index in [1.807, 2.05) is 5.38 Å². The van der Waals surface area contributed by atoms with Crippen LogP contribution in [0.15, 0.2) is 23.6 Å². The van der Waals surface area contributed by atoms with Gasteiger partial charge in [0.1, 0.15) is 17.2 Å². The molecule has 24 heavy (non-hydrogen) atoms. The Morgan fingerprint density at radius 2 is 2.04 bits per heavy atom. The Hall–Kier alpha value is -2.12. The lowest BCUT2D eigenvalue weighted by Gasteiger charge is -2.20. The molecule has 0 aliphatic carbocycles. The number of rotatable bonds is 5. The van der Waals surface area contributed by atoms with Gasteiger partial charge in [-0.2, -0.15) is 0 Å². The van der Waals surface area contributed by atoms with Crippen LogP contribution in [0.1, 0.15) is 34.3 Å². The van der Waals surface area contributed by atoms with E-state index in [1.54, 1.807) is 43.8 Å². The van der Waals surface area contributed by atoms with E-state index in [4.69, 9.17) is 9.47 Å². The summed E-state index contributed by atoms with van der Waals surface area (Å²) in [4.78, 5) is 17.0. The predicted octanol–water partition coefficient (Wildman–Crippen LogP) is 2.88. The van der Waals surface area contributed by atoms with Crippen molar-refractivity contribution in [3.8, 4) is 11.5 Å². The monoisotopic (exact) mass is 347 g/mol. The lowest BCUT2D eigenvalue weighted by Crippen LogP contribution is -2.28. The summed E-state index contributed by atoms with van der Waals surface area (Å²) in [5.74, 6) is 1.42. The Bertz CT molecular complexity index is 689. The third-order valence-electron chi connectivity index (χ3n) is 4.01. The van der Waals surface area contributed by atoms with Crippen molar-refractivity contribution in [3.05, 3.63) is 34.3 Å². The van der Waals surface area contributed by atoms with Crippen LogP contribution in [0.2, 0.25) is 0 Å². The van der Waals surface area contributed by atoms with Crippen molar-refractivity contribution in [1.82, 2.24) is 10.3 Å². The van der Waals surface area contributed by atoms with E-state index in [-0.39, 0.29) is 5.91 Å². The van der Waals surface area contributed by atoms with Gasteiger partial charge in [-0.1, -0.05) is 0 Å². The maximum Gasteiger partial charge on any atom is 0.275 e. The van der Waals surface area contributed by atoms with Gasteiger partial charge in [0.05, 0.1) is 19.2 Å². The van der Waals surface area contributed by atoms with Crippen LogP contribution in [0.4, 0.5) is 5.69 Å². The molecule has 3 rings (SSSR count). The second kappa shape index (κ2) is 7.63. The first kappa shape index (κ1) is 16.7. The molecule has 0 radical (unpaired) electrons. The van der Waals surface area contributed by atoms with Gasteiger partial charge in [-0.25, -0.2) is 4.98 Å². The smallest absolute Gasteiger partial charge is 0.275 e. The molecular weight excluding hydrogens is 326 g/mol. The zero-order chi connectivity index (χ0) is 16.9. The molecule has 2 N–H and O–H groups in total. The second-order valence-electron chi connectivity index (χ2n) is 5.67. The Morgan fingerprint density at radius 1 is 1.29 bits per heavy atom. The molecule has 1 atom stereocenters. The van der Waals surface area contributed by atoms with Crippen LogP contribution in [0.5, 0.6) is 11.5 Å². The quantitative estimate of drug-likeness (QED) is 0.870. The minimum atomic E-state index is -0.225. The summed E-state index contributed by atoms with van der Waals surface area (Å²) in [7, 11) is 3.15. The molecular formula is C17H21N3O3S. The minimum absolute atomic E-state index is 0.225. The number of ether oxygens (including phenoxy) is 2. The van der Waals surface area contributed by atoms with E-state index >= 15 is 0 Å². The van der Waals surface area contributed by atoms with Gasteiger partial charge in [-0.15, -0.1) is 11.3 Å². The number of methoxy groups -OCH3 is 2. The number of anilines is 1. The first-order valence-electron chi connectivity index (χ1n) is 7.90. The van der Waals surface area contributed by atoms with Crippen LogP contribution in [-0.2, 0) is 0 Å². The normalized spacial score (nSPS) is 17.3. The van der Waals surface area contributed by atoms with Gasteiger partial charge in [0.25, 0.3) is 5.91 Å². The third kappa shape index (κ3) is 3.85. The number of benzene rings is 1. The summed E-state index contributed by atoms with van der Waals surface area (Å²) >= 11 is 1.55. The Balaban J connectivity index is 1.72. The first-order chi connectivity index (χ1) is 11.7. The van der Waals surface area contributed by atoms with E-state index < -0.39 is 0 Å². The number of carbonyl (C=O) groups is 1. The zero-order valence-electron chi connectivity index (χ0n) is 13.8. The van der Waals surface area contributed by atoms with Crippen LogP contribution in [0.25, 0.3) is 0 Å². The maximum atomic E-state index is 12.4. The van der Waals surface area contributed by atoms with Crippen molar-refractivity contribution in [3.63, 3.8) is 0 Å². The lowest BCUT2D eigenvalue weighted by atomic mass is 10.0. The summed E-state index contributed by atoms with van der Waals surface area (Å²) in [6.07, 6.45) is 2.27. The fourth-order valence-electron chi connectivity index (χ4n) is 2.72. The number of hydrogen-bond donors (Lipinski definition) is 2. The van der Waals surface area contributed by atoms with E-state index in [0.717, 1.165) is 30.9 Å². The molecule has 2 heterocycles. The summed E-state index contributed by atoms with van der Waals surface area (Å²) in [6, 6.07) is 5.25. The minimum Gasteiger partial charge on any atom is -0.497 e. The highest BCUT2D eigenvalue weighted by Crippen LogP contribution is 2.28. The molecule has 1 aliphatic rings. The van der Waals surface area contributed by atoms with Gasteiger partial charge < -0.3 is 20.1 Å². The highest BCUT2D eigenvalue weighted by Gasteiger charge is 2.20. The van der Waals surface area contributed by atoms with Crippen molar-refractivity contribution < 1.29 is 14.3 Å². The van der Waals surface area contributed by atoms with E-state index in [1.165, 1.54) is 0 Å². The molecule has 1 aromatic heterocycles. The summed E-state index contributed by atoms with van der Waals surface area (Å²) in [5.41, 5.74) is 1.06. The van der Waals surface area contributed by atoms with E-state index in [0.29, 0.717) is 28.8 Å². The fourth-order valence-corrected chi connectivity index (χ4v) is 3.65. The SMILES string of the molecule is COc1cc(NC(=O)c2csc(C3CCCNC3)n2)cc(OC)c1. The van der Waals surface area contributed by atoms with Crippen LogP contribution >= 0.6 is 11.3 Å². The Labute approximate surface area is 145 Å². The van der Waals surface area contributed by atoms with E-state index in [2.05, 4.69) is 15.6 Å². The molecule has 0 spiro atoms. The first-order valence-corrected chi connectivity index (χ1v) is 8.78. The summed E-state index contributed by atoms with van der Waals surface area (Å²) in [6.45, 7) is 1.99. The molecule has 7 heteroatoms. The summed E-state index contributed by atoms with van der Waals surface area (Å²) in [5, 5.41) is 9.07. The number of piperidine rings is 1. The van der Waals surface area contributed by atoms with Crippen LogP contribution in [-0.4, -0.2) is 38.2 Å². The van der Waals surface area contributed by atoms with Crippen molar-refractivity contribution in [1.29, 1.82) is 0 Å². The molecule has 6 nitrogen and oxygen atoms in total. The highest BCUT2D eigenvalue weighted by molar-refractivity contribution is 7.10. The molecule has 2 aromatic rings. The zero-order valence-corrected chi connectivity index (χ0v) is 14.6. The average molecular weight is 347 g/mol. The molecule has 128 valence electrons. The van der Waals surface area contributed by atoms with Crippen LogP contribution in [0.3, 0.4) is 0 Å². The van der Waals surface area contributed by atoms with Crippen LogP contribution in [0, 0.1) is 0 Å². The van der Waals surface area contributed by atoms with Gasteiger partial charge in [-0.05, 0) is 19.4 Å². The van der Waals surface area contributed by atoms with Crippen molar-refractivity contribution >= 4 is 22.9 Å². The number of amides is 1. The Kier molecular flexibility index (Phi) is 5.32. The highest BCUT2D eigenvalue weighted by atomic mass is 32.1. The number of hydrogen-bond acceptors (Lipinski definition) is 6. The molecule has 1 unspecified atom stereocenters. The van der Waals surface area contributed by atoms with Gasteiger partial charge in [0.2, 0.25) is 0 Å². The number of nitrogens with zero attached hydrogens (tertiary/aromatic N) is 1. The average Bonchev–Trinajstić information content (AvgIpc) is 3.12. The van der Waals surface area contributed by atoms with Gasteiger partial charge >= 0.3 is 0 Å². The maximum absolute atomic E-state index is 12.4. The third-order valence-corrected chi connectivity index (χ3v) is 5.02. The number of thiazole rings is 1. The molecule has 1 amide bonds. The largest absolute Gasteiger partial charge is 0.497 e. The van der Waals surface area contributed by atoms with Gasteiger partial charge in [0, 0.05) is 41.7 Å². The summed E-state index contributed by atoms with van der Waals surface area (Å²) < 4.78 is 10.4. The second-order valence-corrected chi connectivity index (χ2v) is 6.56. The lowest BCUT2D eigenvalue weighted by molar-refractivity contribution is 0.102. The molecule has 1 aliphatic heterocycles. The predicted molar refractivity (Wildman–Crippen MR) is 94.5 cm³/mol. The molecule has 0 saturated carbocycles. The van der Waals surface area contributed by atoms with Crippen LogP contribution < -0.4 is 20.1 Å². The van der Waals surface area contributed by atoms with E-state index in [9.17, 15) is 4.79 Å². The molecule has 1 aromatic carbocycles. The van der Waals surface area contributed by atoms with Gasteiger partial charge in [0.15, 0.2) is 0 Å². The standard InChI is InChI=1S/C17H21N3O3S/c1-22-13-6-12(7-14(8-13)23-2)19-16(21)15-10-24-17(20-15)11-4-3-5-18-9-11/h6-8,10-11,18H,3-5,9H2,1-2H3,(H,19,21). The topological polar surface area (TPSA) is 72.5 Å². The van der Waals surface area contributed by atoms with Crippen molar-refractivity contribution in [2.75, 3.05) is 32.6 Å². The van der Waals surface area contributed by atoms with Crippen molar-refractivity contribution in [2.45, 2.75) is 18.8 Å². The molecule has 0 bridgehead atoms. The number of aromatic nitrogens is 1. The number of carbonyl (C=O) groups excluding carboxylic acids is 1. The molecule has 1 saturated heterocycles. The molecule has 1 fully saturated rings. The fraction of sp³-hybridized carbons (Fsp3) is 0.412. The Morgan fingerprint density at radius 3 is 2.67 bits per heavy atom. The number of nitrogens with one attached hydrogen (secondary N) is 2. The van der Waals surface area contributed by atoms with Crippen molar-refractivity contribution in [2.24, 2.45) is 0 Å².